The summed E-state index contributed by atoms with van der Waals surface area (Å²) in [6.07, 6.45) is -5.87. The molecule has 1 saturated heterocycles. The minimum Gasteiger partial charge on any atom is -0.504 e. The summed E-state index contributed by atoms with van der Waals surface area (Å²) in [6, 6.07) is 10.9. The normalized spacial score (nSPS) is 27.6. The number of nitrogens with zero attached hydrogens (tertiary/aromatic N) is 1. The number of esters is 3. The van der Waals surface area contributed by atoms with Crippen LogP contribution in [-0.2, 0) is 50.0 Å². The second-order valence-corrected chi connectivity index (χ2v) is 12.7. The number of phenols is 1. The van der Waals surface area contributed by atoms with Crippen molar-refractivity contribution in [3.8, 4) is 11.5 Å². The number of aromatic hydroxyl groups is 1. The molecule has 2 unspecified atom stereocenters. The van der Waals surface area contributed by atoms with E-state index in [-0.39, 0.29) is 35.3 Å². The summed E-state index contributed by atoms with van der Waals surface area (Å²) in [4.78, 5) is 51.8. The molecule has 14 heteroatoms. The highest BCUT2D eigenvalue weighted by Gasteiger charge is 2.72. The molecule has 0 saturated carbocycles. The number of hydrogen-bond donors (Lipinski definition) is 4. The van der Waals surface area contributed by atoms with Crippen LogP contribution >= 0.6 is 0 Å². The van der Waals surface area contributed by atoms with Crippen molar-refractivity contribution in [2.45, 2.75) is 87.3 Å². The van der Waals surface area contributed by atoms with Crippen molar-refractivity contribution in [2.75, 3.05) is 13.6 Å². The van der Waals surface area contributed by atoms with Crippen LogP contribution in [0.4, 0.5) is 0 Å². The number of phenolic OH excluding ortho intramolecular Hbond substituents is 1. The van der Waals surface area contributed by atoms with Gasteiger partial charge in [0.05, 0.1) is 17.4 Å². The van der Waals surface area contributed by atoms with Crippen molar-refractivity contribution in [1.29, 1.82) is 0 Å². The first-order valence-corrected chi connectivity index (χ1v) is 15.6. The first-order chi connectivity index (χ1) is 22.8. The number of aliphatic hydroxyl groups is 2. The maximum absolute atomic E-state index is 13.5. The Labute approximate surface area is 275 Å². The highest BCUT2D eigenvalue weighted by molar-refractivity contribution is 5.81. The number of likely N-dealkylation sites (tertiary alicyclic amines) is 1. The second kappa shape index (κ2) is 12.5. The fourth-order valence-corrected chi connectivity index (χ4v) is 7.60. The topological polar surface area (TPSA) is 199 Å². The summed E-state index contributed by atoms with van der Waals surface area (Å²) >= 11 is 0. The minimum atomic E-state index is -2.07. The zero-order chi connectivity index (χ0) is 34.5. The number of hydrogen-bond acceptors (Lipinski definition) is 13. The molecule has 0 amide bonds. The smallest absolute Gasteiger partial charge is 0.344 e. The van der Waals surface area contributed by atoms with Crippen molar-refractivity contribution in [2.24, 2.45) is 0 Å². The number of aliphatic carboxylic acids is 1. The van der Waals surface area contributed by atoms with Gasteiger partial charge in [0.1, 0.15) is 5.76 Å². The second-order valence-electron chi connectivity index (χ2n) is 12.7. The summed E-state index contributed by atoms with van der Waals surface area (Å²) in [5.41, 5.74) is -0.454. The lowest BCUT2D eigenvalue weighted by molar-refractivity contribution is -0.218. The molecular formula is C34H37NO13. The molecule has 1 fully saturated rings. The summed E-state index contributed by atoms with van der Waals surface area (Å²) < 4.78 is 27.8. The van der Waals surface area contributed by atoms with Crippen LogP contribution in [0.5, 0.6) is 11.5 Å². The predicted octanol–water partition coefficient (Wildman–Crippen LogP) is 1.63. The molecule has 2 aromatic rings. The summed E-state index contributed by atoms with van der Waals surface area (Å²) in [7, 11) is 1.95. The number of aliphatic hydroxyl groups excluding tert-OH is 1. The van der Waals surface area contributed by atoms with Crippen LogP contribution in [0.15, 0.2) is 54.3 Å². The van der Waals surface area contributed by atoms with E-state index in [2.05, 4.69) is 4.90 Å². The van der Waals surface area contributed by atoms with Crippen LogP contribution in [0.25, 0.3) is 0 Å². The Morgan fingerprint density at radius 2 is 1.83 bits per heavy atom. The highest BCUT2D eigenvalue weighted by Crippen LogP contribution is 2.65. The van der Waals surface area contributed by atoms with Crippen LogP contribution in [-0.4, -0.2) is 99.0 Å². The van der Waals surface area contributed by atoms with E-state index in [1.54, 1.807) is 30.3 Å². The van der Waals surface area contributed by atoms with Crippen LogP contribution < -0.4 is 4.74 Å². The molecule has 2 aliphatic heterocycles. The average Bonchev–Trinajstić information content (AvgIpc) is 3.40. The quantitative estimate of drug-likeness (QED) is 0.153. The van der Waals surface area contributed by atoms with Gasteiger partial charge in [-0.25, -0.2) is 9.59 Å². The van der Waals surface area contributed by atoms with Gasteiger partial charge >= 0.3 is 23.9 Å². The Morgan fingerprint density at radius 3 is 2.52 bits per heavy atom. The molecule has 0 aromatic heterocycles. The maximum atomic E-state index is 13.5. The van der Waals surface area contributed by atoms with E-state index in [1.165, 1.54) is 12.1 Å². The third kappa shape index (κ3) is 5.48. The molecule has 4 N–H and O–H groups in total. The Hall–Kier alpha value is -4.50. The van der Waals surface area contributed by atoms with Gasteiger partial charge in [0.15, 0.2) is 42.2 Å². The van der Waals surface area contributed by atoms with Crippen LogP contribution in [0.3, 0.4) is 0 Å². The van der Waals surface area contributed by atoms with E-state index in [9.17, 15) is 39.6 Å². The van der Waals surface area contributed by atoms with Crippen molar-refractivity contribution >= 4 is 23.9 Å². The molecule has 8 atom stereocenters. The SMILES string of the molecule is CC(=O)O[C@@H](CC(=O)OC1=CC[C@@]2(O)[C@H]3Cc4ccc(O)c5c4C2(CCN3C)[C@H]1O5)C(O)O[C@H](C(=O)O[C@@H](C)C(=O)O)c1ccccc1. The lowest BCUT2D eigenvalue weighted by atomic mass is 9.50. The number of ether oxygens (including phenoxy) is 5. The van der Waals surface area contributed by atoms with Crippen molar-refractivity contribution in [1.82, 2.24) is 4.90 Å². The van der Waals surface area contributed by atoms with E-state index in [0.717, 1.165) is 19.4 Å². The van der Waals surface area contributed by atoms with Crippen molar-refractivity contribution in [3.63, 3.8) is 0 Å². The number of piperidine rings is 1. The lowest BCUT2D eigenvalue weighted by Crippen LogP contribution is -2.74. The number of carbonyl (C=O) groups is 4. The number of likely N-dealkylation sites (N-methyl/N-ethyl adjacent to an activating group) is 1. The van der Waals surface area contributed by atoms with Crippen LogP contribution in [0, 0.1) is 0 Å². The Bertz CT molecular complexity index is 1660. The molecule has 256 valence electrons. The summed E-state index contributed by atoms with van der Waals surface area (Å²) in [6.45, 7) is 2.82. The van der Waals surface area contributed by atoms with Gasteiger partial charge in [0.2, 0.25) is 0 Å². The molecule has 2 aromatic carbocycles. The van der Waals surface area contributed by atoms with Crippen LogP contribution in [0.1, 0.15) is 55.9 Å². The monoisotopic (exact) mass is 667 g/mol. The fraction of sp³-hybridized carbons (Fsp3) is 0.471. The van der Waals surface area contributed by atoms with Gasteiger partial charge in [-0.3, -0.25) is 9.59 Å². The number of carboxylic acids is 1. The maximum Gasteiger partial charge on any atom is 0.344 e. The van der Waals surface area contributed by atoms with Crippen molar-refractivity contribution in [3.05, 3.63) is 71.0 Å². The Morgan fingerprint density at radius 1 is 1.10 bits per heavy atom. The van der Waals surface area contributed by atoms with E-state index >= 15 is 0 Å². The number of carboxylic acid groups (broad SMARTS) is 1. The van der Waals surface area contributed by atoms with Gasteiger partial charge in [-0.2, -0.15) is 0 Å². The fourth-order valence-electron chi connectivity index (χ4n) is 7.60. The molecule has 14 nitrogen and oxygen atoms in total. The van der Waals surface area contributed by atoms with Crippen molar-refractivity contribution < 1.29 is 63.3 Å². The van der Waals surface area contributed by atoms with Crippen LogP contribution in [0.2, 0.25) is 0 Å². The summed E-state index contributed by atoms with van der Waals surface area (Å²) in [5.74, 6) is -4.12. The predicted molar refractivity (Wildman–Crippen MR) is 162 cm³/mol. The first kappa shape index (κ1) is 33.4. The van der Waals surface area contributed by atoms with Gasteiger partial charge in [0.25, 0.3) is 0 Å². The Kier molecular flexibility index (Phi) is 8.70. The molecule has 0 radical (unpaired) electrons. The van der Waals surface area contributed by atoms with Gasteiger partial charge in [-0.1, -0.05) is 36.4 Å². The molecule has 2 bridgehead atoms. The molecule has 48 heavy (non-hydrogen) atoms. The number of carbonyl (C=O) groups excluding carboxylic acids is 3. The Balaban J connectivity index is 1.23. The molecule has 6 rings (SSSR count). The summed E-state index contributed by atoms with van der Waals surface area (Å²) in [5, 5.41) is 43.3. The molecule has 2 heterocycles. The zero-order valence-corrected chi connectivity index (χ0v) is 26.5. The van der Waals surface area contributed by atoms with Gasteiger partial charge in [-0.15, -0.1) is 0 Å². The lowest BCUT2D eigenvalue weighted by Gasteiger charge is -2.61. The largest absolute Gasteiger partial charge is 0.504 e. The van der Waals surface area contributed by atoms with E-state index in [1.807, 2.05) is 13.1 Å². The standard InChI is InChI=1S/C34H37NO13/c1-17(30(39)40)44-32(42)27(19-7-5-4-6-8-19)48-31(41)23(45-18(2)36)16-25(38)46-22-11-12-34(43)24-15-20-9-10-21(37)28-26(20)33(34,29(22)47-28)13-14-35(24)3/h4-11,17,23-24,27,29,31,37,41,43H,12-16H2,1-3H3,(H,39,40)/t17-,23-,24+,27-,29-,31?,33?,34+/m0/s1. The average molecular weight is 668 g/mol. The van der Waals surface area contributed by atoms with Gasteiger partial charge < -0.3 is 49.0 Å². The molecule has 4 aliphatic rings. The van der Waals surface area contributed by atoms with E-state index in [0.29, 0.717) is 24.9 Å². The zero-order valence-electron chi connectivity index (χ0n) is 26.5. The third-order valence-electron chi connectivity index (χ3n) is 9.82. The first-order valence-electron chi connectivity index (χ1n) is 15.6. The van der Waals surface area contributed by atoms with Gasteiger partial charge in [-0.05, 0) is 56.6 Å². The molecule has 2 aliphatic carbocycles. The third-order valence-corrected chi connectivity index (χ3v) is 9.82. The minimum absolute atomic E-state index is 0.0950. The molecular weight excluding hydrogens is 630 g/mol. The molecule has 1 spiro atoms. The van der Waals surface area contributed by atoms with E-state index < -0.39 is 72.0 Å². The van der Waals surface area contributed by atoms with E-state index in [4.69, 9.17) is 23.7 Å². The number of benzene rings is 2. The number of rotatable bonds is 11. The highest BCUT2D eigenvalue weighted by atomic mass is 16.7. The van der Waals surface area contributed by atoms with Gasteiger partial charge in [0, 0.05) is 24.9 Å².